The van der Waals surface area contributed by atoms with E-state index in [9.17, 15) is 0 Å². The van der Waals surface area contributed by atoms with Gasteiger partial charge in [0.1, 0.15) is 0 Å². The van der Waals surface area contributed by atoms with Crippen molar-refractivity contribution in [3.63, 3.8) is 0 Å². The van der Waals surface area contributed by atoms with Crippen molar-refractivity contribution in [1.29, 1.82) is 0 Å². The molecule has 2 heterocycles. The predicted molar refractivity (Wildman–Crippen MR) is 89.7 cm³/mol. The van der Waals surface area contributed by atoms with Gasteiger partial charge in [0.2, 0.25) is 0 Å². The topological polar surface area (TPSA) is 42.1 Å². The molecule has 0 amide bonds. The molecule has 0 aliphatic heterocycles. The normalized spacial score (nSPS) is 14.5. The second-order valence-corrected chi connectivity index (χ2v) is 6.57. The molecule has 3 aromatic rings. The van der Waals surface area contributed by atoms with Crippen LogP contribution in [0, 0.1) is 0 Å². The number of benzene rings is 1. The zero-order chi connectivity index (χ0) is 14.2. The van der Waals surface area contributed by atoms with Gasteiger partial charge in [0.15, 0.2) is 0 Å². The van der Waals surface area contributed by atoms with Gasteiger partial charge in [-0.3, -0.25) is 4.98 Å². The largest absolute Gasteiger partial charge is 0.397 e. The molecule has 1 fully saturated rings. The van der Waals surface area contributed by atoms with Gasteiger partial charge in [-0.1, -0.05) is 12.1 Å². The maximum Gasteiger partial charge on any atom is 0.0632 e. The quantitative estimate of drug-likeness (QED) is 0.738. The van der Waals surface area contributed by atoms with Crippen LogP contribution in [0.3, 0.4) is 0 Å². The Hall–Kier alpha value is -2.07. The van der Waals surface area contributed by atoms with Gasteiger partial charge in [0.25, 0.3) is 0 Å². The van der Waals surface area contributed by atoms with E-state index in [1.54, 1.807) is 0 Å². The molecule has 0 radical (unpaired) electrons. The summed E-state index contributed by atoms with van der Waals surface area (Å²) in [5.74, 6) is 0. The lowest BCUT2D eigenvalue weighted by molar-refractivity contribution is 0.805. The zero-order valence-corrected chi connectivity index (χ0v) is 12.5. The molecule has 4 rings (SSSR count). The van der Waals surface area contributed by atoms with Gasteiger partial charge in [0.05, 0.1) is 17.9 Å². The Labute approximate surface area is 128 Å². The third-order valence-electron chi connectivity index (χ3n) is 4.04. The van der Waals surface area contributed by atoms with Crippen LogP contribution in [0.1, 0.15) is 17.7 Å². The van der Waals surface area contributed by atoms with Crippen LogP contribution in [-0.2, 0) is 6.54 Å². The van der Waals surface area contributed by atoms with Crippen LogP contribution in [0.4, 0.5) is 11.4 Å². The van der Waals surface area contributed by atoms with Crippen molar-refractivity contribution in [3.8, 4) is 0 Å². The summed E-state index contributed by atoms with van der Waals surface area (Å²) in [4.78, 5) is 8.01. The number of nitrogen functional groups attached to an aromatic ring is 1. The number of nitrogens with two attached hydrogens (primary N) is 1. The van der Waals surface area contributed by atoms with Crippen LogP contribution in [0.25, 0.3) is 10.8 Å². The van der Waals surface area contributed by atoms with Crippen molar-refractivity contribution in [2.45, 2.75) is 25.4 Å². The summed E-state index contributed by atoms with van der Waals surface area (Å²) < 4.78 is 0. The van der Waals surface area contributed by atoms with Crippen molar-refractivity contribution < 1.29 is 0 Å². The van der Waals surface area contributed by atoms with E-state index in [-0.39, 0.29) is 0 Å². The van der Waals surface area contributed by atoms with Crippen molar-refractivity contribution in [1.82, 2.24) is 4.98 Å². The Morgan fingerprint density at radius 1 is 1.24 bits per heavy atom. The molecular formula is C17H17N3S. The maximum absolute atomic E-state index is 6.45. The van der Waals surface area contributed by atoms with E-state index in [1.165, 1.54) is 17.7 Å². The van der Waals surface area contributed by atoms with E-state index in [0.717, 1.165) is 28.7 Å². The fraction of sp³-hybridized carbons (Fsp3) is 0.235. The van der Waals surface area contributed by atoms with Gasteiger partial charge in [0, 0.05) is 34.1 Å². The maximum atomic E-state index is 6.45. The van der Waals surface area contributed by atoms with Crippen LogP contribution < -0.4 is 10.6 Å². The number of pyridine rings is 1. The molecule has 4 heteroatoms. The fourth-order valence-corrected chi connectivity index (χ4v) is 3.50. The summed E-state index contributed by atoms with van der Waals surface area (Å²) in [5, 5.41) is 4.33. The van der Waals surface area contributed by atoms with E-state index in [0.29, 0.717) is 6.04 Å². The molecule has 106 valence electrons. The van der Waals surface area contributed by atoms with E-state index >= 15 is 0 Å². The molecule has 1 aliphatic rings. The molecule has 1 aromatic carbocycles. The van der Waals surface area contributed by atoms with Crippen LogP contribution in [-0.4, -0.2) is 11.0 Å². The summed E-state index contributed by atoms with van der Waals surface area (Å²) in [6.07, 6.45) is 6.21. The first-order valence-corrected chi connectivity index (χ1v) is 8.12. The third kappa shape index (κ3) is 2.36. The van der Waals surface area contributed by atoms with Crippen LogP contribution in [0.15, 0.2) is 48.1 Å². The number of nitrogens with zero attached hydrogens (tertiary/aromatic N) is 2. The Morgan fingerprint density at radius 3 is 2.90 bits per heavy atom. The fourth-order valence-electron chi connectivity index (χ4n) is 2.80. The zero-order valence-electron chi connectivity index (χ0n) is 11.7. The third-order valence-corrected chi connectivity index (χ3v) is 4.90. The average Bonchev–Trinajstić information content (AvgIpc) is 3.23. The van der Waals surface area contributed by atoms with Gasteiger partial charge in [-0.25, -0.2) is 0 Å². The summed E-state index contributed by atoms with van der Waals surface area (Å²) in [7, 11) is 0. The van der Waals surface area contributed by atoms with Gasteiger partial charge >= 0.3 is 0 Å². The highest BCUT2D eigenvalue weighted by molar-refractivity contribution is 7.09. The molecule has 0 atom stereocenters. The Kier molecular flexibility index (Phi) is 3.04. The smallest absolute Gasteiger partial charge is 0.0632 e. The van der Waals surface area contributed by atoms with Crippen LogP contribution >= 0.6 is 11.3 Å². The predicted octanol–water partition coefficient (Wildman–Crippen LogP) is 4.05. The minimum atomic E-state index is 0.633. The molecule has 2 aromatic heterocycles. The molecule has 21 heavy (non-hydrogen) atoms. The number of thiophene rings is 1. The number of aromatic nitrogens is 1. The number of rotatable bonds is 4. The summed E-state index contributed by atoms with van der Waals surface area (Å²) in [6, 6.07) is 11.2. The van der Waals surface area contributed by atoms with Crippen molar-refractivity contribution >= 4 is 33.5 Å². The first-order valence-electron chi connectivity index (χ1n) is 7.24. The first-order chi connectivity index (χ1) is 10.3. The SMILES string of the molecule is Nc1c(N(Cc2cccs2)C2CC2)ccc2cnccc12. The molecule has 0 bridgehead atoms. The lowest BCUT2D eigenvalue weighted by atomic mass is 10.1. The standard InChI is InChI=1S/C17H17N3S/c18-17-15-7-8-19-10-12(15)3-6-16(17)20(13-4-5-13)11-14-2-1-9-21-14/h1-3,6-10,13H,4-5,11,18H2. The number of anilines is 2. The van der Waals surface area contributed by atoms with Gasteiger partial charge in [-0.15, -0.1) is 11.3 Å². The molecule has 0 unspecified atom stereocenters. The molecule has 1 saturated carbocycles. The van der Waals surface area contributed by atoms with E-state index in [2.05, 4.69) is 39.5 Å². The number of fused-ring (bicyclic) bond motifs is 1. The lowest BCUT2D eigenvalue weighted by Gasteiger charge is -2.26. The molecule has 2 N–H and O–H groups in total. The minimum Gasteiger partial charge on any atom is -0.397 e. The molecular weight excluding hydrogens is 278 g/mol. The van der Waals surface area contributed by atoms with Crippen molar-refractivity contribution in [2.75, 3.05) is 10.6 Å². The first kappa shape index (κ1) is 12.7. The van der Waals surface area contributed by atoms with E-state index in [4.69, 9.17) is 5.73 Å². The van der Waals surface area contributed by atoms with Gasteiger partial charge < -0.3 is 10.6 Å². The summed E-state index contributed by atoms with van der Waals surface area (Å²) in [5.41, 5.74) is 8.48. The highest BCUT2D eigenvalue weighted by Gasteiger charge is 2.30. The van der Waals surface area contributed by atoms with E-state index < -0.39 is 0 Å². The molecule has 3 nitrogen and oxygen atoms in total. The monoisotopic (exact) mass is 295 g/mol. The number of hydrogen-bond donors (Lipinski definition) is 1. The molecule has 0 spiro atoms. The Balaban J connectivity index is 1.77. The minimum absolute atomic E-state index is 0.633. The molecule has 1 aliphatic carbocycles. The summed E-state index contributed by atoms with van der Waals surface area (Å²) in [6.45, 7) is 0.948. The molecule has 0 saturated heterocycles. The van der Waals surface area contributed by atoms with Crippen molar-refractivity contribution in [2.24, 2.45) is 0 Å². The second-order valence-electron chi connectivity index (χ2n) is 5.53. The average molecular weight is 295 g/mol. The number of hydrogen-bond acceptors (Lipinski definition) is 4. The highest BCUT2D eigenvalue weighted by atomic mass is 32.1. The van der Waals surface area contributed by atoms with Crippen LogP contribution in [0.5, 0.6) is 0 Å². The summed E-state index contributed by atoms with van der Waals surface area (Å²) >= 11 is 1.81. The second kappa shape index (κ2) is 5.04. The van der Waals surface area contributed by atoms with Crippen molar-refractivity contribution in [3.05, 3.63) is 53.0 Å². The Morgan fingerprint density at radius 2 is 2.14 bits per heavy atom. The van der Waals surface area contributed by atoms with Crippen LogP contribution in [0.2, 0.25) is 0 Å². The lowest BCUT2D eigenvalue weighted by Crippen LogP contribution is -2.25. The van der Waals surface area contributed by atoms with Gasteiger partial charge in [-0.05, 0) is 36.4 Å². The Bertz CT molecular complexity index is 763. The van der Waals surface area contributed by atoms with Gasteiger partial charge in [-0.2, -0.15) is 0 Å². The van der Waals surface area contributed by atoms with E-state index in [1.807, 2.05) is 29.8 Å². The highest BCUT2D eigenvalue weighted by Crippen LogP contribution is 2.39.